The second-order valence-electron chi connectivity index (χ2n) is 8.14. The SMILES string of the molecule is Cc1cn2cc(C3=CCCCc4nc(NCC(F)(F)C5CC5)ncc43)cc(F)c2n1. The third-order valence-electron chi connectivity index (χ3n) is 5.72. The Hall–Kier alpha value is -2.90. The normalized spacial score (nSPS) is 16.9. The van der Waals surface area contributed by atoms with Crippen molar-refractivity contribution in [2.45, 2.75) is 45.0 Å². The molecule has 2 aliphatic rings. The van der Waals surface area contributed by atoms with Crippen LogP contribution in [-0.4, -0.2) is 31.8 Å². The van der Waals surface area contributed by atoms with Crippen LogP contribution in [0.5, 0.6) is 0 Å². The Morgan fingerprint density at radius 1 is 1.23 bits per heavy atom. The van der Waals surface area contributed by atoms with Gasteiger partial charge >= 0.3 is 0 Å². The van der Waals surface area contributed by atoms with E-state index in [0.717, 1.165) is 35.4 Å². The van der Waals surface area contributed by atoms with Crippen molar-refractivity contribution in [1.82, 2.24) is 19.4 Å². The van der Waals surface area contributed by atoms with Gasteiger partial charge in [0.1, 0.15) is 0 Å². The summed E-state index contributed by atoms with van der Waals surface area (Å²) in [6, 6.07) is 1.48. The monoisotopic (exact) mass is 413 g/mol. The zero-order valence-corrected chi connectivity index (χ0v) is 16.6. The van der Waals surface area contributed by atoms with Gasteiger partial charge in [-0.25, -0.2) is 28.1 Å². The van der Waals surface area contributed by atoms with E-state index in [9.17, 15) is 13.2 Å². The number of alkyl halides is 2. The van der Waals surface area contributed by atoms with Gasteiger partial charge in [-0.2, -0.15) is 0 Å². The number of halogens is 3. The third-order valence-corrected chi connectivity index (χ3v) is 5.72. The van der Waals surface area contributed by atoms with Crippen molar-refractivity contribution < 1.29 is 13.2 Å². The molecule has 0 amide bonds. The van der Waals surface area contributed by atoms with Crippen molar-refractivity contribution in [2.24, 2.45) is 5.92 Å². The summed E-state index contributed by atoms with van der Waals surface area (Å²) in [5.74, 6) is -3.45. The molecule has 0 saturated heterocycles. The molecular weight excluding hydrogens is 391 g/mol. The van der Waals surface area contributed by atoms with Crippen molar-refractivity contribution >= 4 is 17.2 Å². The maximum absolute atomic E-state index is 14.6. The standard InChI is InChI=1S/C22H22F3N5/c1-13-10-30-11-14(8-18(23)20(30)28-13)16-4-2-3-5-19-17(16)9-26-21(29-19)27-12-22(24,25)15-6-7-15/h4,8-11,15H,2-3,5-7,12H2,1H3,(H,26,27,29). The smallest absolute Gasteiger partial charge is 0.267 e. The fourth-order valence-electron chi connectivity index (χ4n) is 3.99. The molecule has 0 aromatic carbocycles. The maximum atomic E-state index is 14.6. The molecule has 1 N–H and O–H groups in total. The molecule has 0 aliphatic heterocycles. The highest BCUT2D eigenvalue weighted by Crippen LogP contribution is 2.43. The summed E-state index contributed by atoms with van der Waals surface area (Å²) < 4.78 is 44.3. The lowest BCUT2D eigenvalue weighted by Crippen LogP contribution is -2.30. The number of hydrogen-bond donors (Lipinski definition) is 1. The highest BCUT2D eigenvalue weighted by molar-refractivity contribution is 5.81. The lowest BCUT2D eigenvalue weighted by molar-refractivity contribution is -0.00832. The molecule has 30 heavy (non-hydrogen) atoms. The number of hydrogen-bond acceptors (Lipinski definition) is 4. The fourth-order valence-corrected chi connectivity index (χ4v) is 3.99. The number of aromatic nitrogens is 4. The lowest BCUT2D eigenvalue weighted by atomic mass is 9.99. The molecule has 3 heterocycles. The van der Waals surface area contributed by atoms with Gasteiger partial charge in [0, 0.05) is 35.6 Å². The fraction of sp³-hybridized carbons (Fsp3) is 0.409. The Balaban J connectivity index is 1.46. The molecule has 5 rings (SSSR count). The van der Waals surface area contributed by atoms with E-state index in [-0.39, 0.29) is 11.6 Å². The molecule has 1 saturated carbocycles. The molecular formula is C22H22F3N5. The molecule has 5 nitrogen and oxygen atoms in total. The van der Waals surface area contributed by atoms with E-state index in [1.54, 1.807) is 16.8 Å². The lowest BCUT2D eigenvalue weighted by Gasteiger charge is -2.17. The number of imidazole rings is 1. The minimum atomic E-state index is -2.74. The van der Waals surface area contributed by atoms with Gasteiger partial charge in [-0.15, -0.1) is 0 Å². The van der Waals surface area contributed by atoms with Gasteiger partial charge < -0.3 is 9.72 Å². The highest BCUT2D eigenvalue weighted by atomic mass is 19.3. The highest BCUT2D eigenvalue weighted by Gasteiger charge is 2.46. The van der Waals surface area contributed by atoms with Gasteiger partial charge in [-0.05, 0) is 50.7 Å². The molecule has 0 radical (unpaired) electrons. The van der Waals surface area contributed by atoms with E-state index in [1.807, 2.05) is 13.1 Å². The van der Waals surface area contributed by atoms with E-state index in [1.165, 1.54) is 6.07 Å². The van der Waals surface area contributed by atoms with Gasteiger partial charge in [0.2, 0.25) is 5.95 Å². The summed E-state index contributed by atoms with van der Waals surface area (Å²) in [6.07, 6.45) is 10.9. The van der Waals surface area contributed by atoms with E-state index in [0.29, 0.717) is 24.8 Å². The number of fused-ring (bicyclic) bond motifs is 2. The van der Waals surface area contributed by atoms with Crippen LogP contribution in [0.25, 0.3) is 11.2 Å². The first-order valence-corrected chi connectivity index (χ1v) is 10.2. The van der Waals surface area contributed by atoms with Gasteiger partial charge in [0.25, 0.3) is 5.92 Å². The van der Waals surface area contributed by atoms with Crippen molar-refractivity contribution in [3.63, 3.8) is 0 Å². The van der Waals surface area contributed by atoms with E-state index < -0.39 is 24.2 Å². The van der Waals surface area contributed by atoms with Crippen LogP contribution in [0.3, 0.4) is 0 Å². The number of allylic oxidation sites excluding steroid dienone is 1. The van der Waals surface area contributed by atoms with Crippen LogP contribution in [-0.2, 0) is 6.42 Å². The molecule has 0 bridgehead atoms. The van der Waals surface area contributed by atoms with Crippen LogP contribution in [0.4, 0.5) is 19.1 Å². The number of nitrogens with zero attached hydrogens (tertiary/aromatic N) is 4. The van der Waals surface area contributed by atoms with E-state index in [2.05, 4.69) is 26.3 Å². The van der Waals surface area contributed by atoms with Crippen molar-refractivity contribution in [3.8, 4) is 0 Å². The van der Waals surface area contributed by atoms with Crippen LogP contribution in [0.1, 0.15) is 48.2 Å². The van der Waals surface area contributed by atoms with Crippen LogP contribution in [0.15, 0.2) is 30.7 Å². The summed E-state index contributed by atoms with van der Waals surface area (Å²) in [7, 11) is 0. The first-order chi connectivity index (χ1) is 14.4. The topological polar surface area (TPSA) is 55.1 Å². The van der Waals surface area contributed by atoms with E-state index in [4.69, 9.17) is 0 Å². The van der Waals surface area contributed by atoms with Gasteiger partial charge in [0.05, 0.1) is 17.9 Å². The Bertz CT molecular complexity index is 1150. The minimum Gasteiger partial charge on any atom is -0.348 e. The Labute approximate surface area is 172 Å². The average molecular weight is 413 g/mol. The zero-order chi connectivity index (χ0) is 20.9. The summed E-state index contributed by atoms with van der Waals surface area (Å²) >= 11 is 0. The summed E-state index contributed by atoms with van der Waals surface area (Å²) in [6.45, 7) is 1.36. The van der Waals surface area contributed by atoms with Crippen LogP contribution in [0.2, 0.25) is 0 Å². The Kier molecular flexibility index (Phi) is 4.52. The molecule has 0 spiro atoms. The molecule has 8 heteroatoms. The second kappa shape index (κ2) is 7.11. The van der Waals surface area contributed by atoms with Gasteiger partial charge in [-0.1, -0.05) is 6.08 Å². The van der Waals surface area contributed by atoms with Crippen LogP contribution in [0, 0.1) is 18.7 Å². The van der Waals surface area contributed by atoms with E-state index >= 15 is 0 Å². The Morgan fingerprint density at radius 3 is 2.87 bits per heavy atom. The van der Waals surface area contributed by atoms with Crippen molar-refractivity contribution in [2.75, 3.05) is 11.9 Å². The Morgan fingerprint density at radius 2 is 2.07 bits per heavy atom. The number of pyridine rings is 1. The number of rotatable bonds is 5. The molecule has 1 fully saturated rings. The third kappa shape index (κ3) is 3.55. The van der Waals surface area contributed by atoms with Gasteiger partial charge in [-0.3, -0.25) is 0 Å². The van der Waals surface area contributed by atoms with Crippen molar-refractivity contribution in [1.29, 1.82) is 0 Å². The number of anilines is 1. The second-order valence-corrected chi connectivity index (χ2v) is 8.14. The van der Waals surface area contributed by atoms with Gasteiger partial charge in [0.15, 0.2) is 11.5 Å². The van der Waals surface area contributed by atoms with Crippen LogP contribution < -0.4 is 5.32 Å². The summed E-state index contributed by atoms with van der Waals surface area (Å²) in [4.78, 5) is 13.0. The first-order valence-electron chi connectivity index (χ1n) is 10.2. The maximum Gasteiger partial charge on any atom is 0.267 e. The number of aryl methyl sites for hydroxylation is 2. The largest absolute Gasteiger partial charge is 0.348 e. The predicted molar refractivity (Wildman–Crippen MR) is 108 cm³/mol. The number of nitrogens with one attached hydrogen (secondary N) is 1. The van der Waals surface area contributed by atoms with Crippen LogP contribution >= 0.6 is 0 Å². The quantitative estimate of drug-likeness (QED) is 0.653. The summed E-state index contributed by atoms with van der Waals surface area (Å²) in [5, 5.41) is 2.70. The molecule has 156 valence electrons. The molecule has 3 aromatic heterocycles. The average Bonchev–Trinajstić information content (AvgIpc) is 3.52. The molecule has 3 aromatic rings. The first kappa shape index (κ1) is 19.1. The predicted octanol–water partition coefficient (Wildman–Crippen LogP) is 4.80. The zero-order valence-electron chi connectivity index (χ0n) is 16.6. The molecule has 2 aliphatic carbocycles. The van der Waals surface area contributed by atoms with Crippen molar-refractivity contribution in [3.05, 3.63) is 59.1 Å². The molecule has 0 unspecified atom stereocenters. The molecule has 0 atom stereocenters. The summed E-state index contributed by atoms with van der Waals surface area (Å²) in [5.41, 5.74) is 4.19. The minimum absolute atomic E-state index is 0.210.